The predicted octanol–water partition coefficient (Wildman–Crippen LogP) is 10.4. The van der Waals surface area contributed by atoms with E-state index in [1.807, 2.05) is 0 Å². The van der Waals surface area contributed by atoms with E-state index in [1.54, 1.807) is 7.11 Å². The first-order chi connectivity index (χ1) is 28.1. The number of methoxy groups -OCH3 is 1. The molecule has 0 fully saturated rings. The molecule has 0 heterocycles. The highest BCUT2D eigenvalue weighted by molar-refractivity contribution is 5.69. The Morgan fingerprint density at radius 3 is 1.12 bits per heavy atom. The fourth-order valence-corrected chi connectivity index (χ4v) is 6.17. The Hall–Kier alpha value is -1.34. The van der Waals surface area contributed by atoms with Gasteiger partial charge in [-0.25, -0.2) is 0 Å². The largest absolute Gasteiger partial charge is 0.466 e. The van der Waals surface area contributed by atoms with Crippen LogP contribution < -0.4 is 0 Å². The van der Waals surface area contributed by atoms with Crippen molar-refractivity contribution >= 4 is 11.9 Å². The quantitative estimate of drug-likeness (QED) is 0.0431. The SMILES string of the molecule is CCCCCCCCCOC(=O)CCCCCCCOCC(COCCOCCOCCOCCOC)OCCCCCCCC(=O)OCCCCCCCCC. The van der Waals surface area contributed by atoms with Gasteiger partial charge in [0.2, 0.25) is 0 Å². The average molecular weight is 819 g/mol. The summed E-state index contributed by atoms with van der Waals surface area (Å²) in [6, 6.07) is 0. The molecule has 57 heavy (non-hydrogen) atoms. The van der Waals surface area contributed by atoms with E-state index in [9.17, 15) is 9.59 Å². The summed E-state index contributed by atoms with van der Waals surface area (Å²) in [5.74, 6) is -0.114. The molecular formula is C46H90O11. The first kappa shape index (κ1) is 55.7. The molecular weight excluding hydrogens is 728 g/mol. The third-order valence-electron chi connectivity index (χ3n) is 9.73. The molecule has 1 atom stereocenters. The predicted molar refractivity (Wildman–Crippen MR) is 229 cm³/mol. The van der Waals surface area contributed by atoms with Crippen molar-refractivity contribution in [3.05, 3.63) is 0 Å². The lowest BCUT2D eigenvalue weighted by molar-refractivity contribution is -0.144. The maximum atomic E-state index is 12.0. The number of esters is 2. The normalized spacial score (nSPS) is 12.0. The van der Waals surface area contributed by atoms with Crippen molar-refractivity contribution in [3.8, 4) is 0 Å². The number of unbranched alkanes of at least 4 members (excludes halogenated alkanes) is 20. The van der Waals surface area contributed by atoms with Gasteiger partial charge in [0, 0.05) is 33.2 Å². The smallest absolute Gasteiger partial charge is 0.305 e. The fourth-order valence-electron chi connectivity index (χ4n) is 6.17. The van der Waals surface area contributed by atoms with E-state index in [4.69, 9.17) is 42.6 Å². The highest BCUT2D eigenvalue weighted by Crippen LogP contribution is 2.11. The van der Waals surface area contributed by atoms with E-state index >= 15 is 0 Å². The third kappa shape index (κ3) is 47.2. The van der Waals surface area contributed by atoms with E-state index < -0.39 is 0 Å². The van der Waals surface area contributed by atoms with Crippen LogP contribution in [0.3, 0.4) is 0 Å². The van der Waals surface area contributed by atoms with Gasteiger partial charge in [0.25, 0.3) is 0 Å². The lowest BCUT2D eigenvalue weighted by Gasteiger charge is -2.18. The second-order valence-corrected chi connectivity index (χ2v) is 15.2. The fraction of sp³-hybridized carbons (Fsp3) is 0.957. The molecule has 0 saturated heterocycles. The molecule has 0 rings (SSSR count). The van der Waals surface area contributed by atoms with Gasteiger partial charge >= 0.3 is 11.9 Å². The van der Waals surface area contributed by atoms with Gasteiger partial charge in [0.15, 0.2) is 0 Å². The molecule has 0 aliphatic carbocycles. The lowest BCUT2D eigenvalue weighted by atomic mass is 10.1. The molecule has 0 aliphatic heterocycles. The van der Waals surface area contributed by atoms with E-state index in [2.05, 4.69) is 13.8 Å². The summed E-state index contributed by atoms with van der Waals surface area (Å²) in [6.07, 6.45) is 28.1. The maximum Gasteiger partial charge on any atom is 0.305 e. The van der Waals surface area contributed by atoms with Crippen LogP contribution in [0.4, 0.5) is 0 Å². The Morgan fingerprint density at radius 2 is 0.684 bits per heavy atom. The lowest BCUT2D eigenvalue weighted by Crippen LogP contribution is -2.27. The molecule has 0 N–H and O–H groups in total. The number of hydrogen-bond donors (Lipinski definition) is 0. The molecule has 0 saturated carbocycles. The molecule has 0 aromatic carbocycles. The number of carbonyl (C=O) groups is 2. The average Bonchev–Trinajstić information content (AvgIpc) is 3.21. The molecule has 0 aromatic rings. The highest BCUT2D eigenvalue weighted by atomic mass is 16.6. The molecule has 0 aromatic heterocycles. The summed E-state index contributed by atoms with van der Waals surface area (Å²) in [5.41, 5.74) is 0. The number of carbonyl (C=O) groups excluding carboxylic acids is 2. The van der Waals surface area contributed by atoms with Gasteiger partial charge in [-0.2, -0.15) is 0 Å². The highest BCUT2D eigenvalue weighted by Gasteiger charge is 2.11. The van der Waals surface area contributed by atoms with Gasteiger partial charge in [-0.1, -0.05) is 129 Å². The minimum atomic E-state index is -0.135. The Balaban J connectivity index is 4.07. The molecule has 340 valence electrons. The van der Waals surface area contributed by atoms with Gasteiger partial charge in [-0.05, 0) is 38.5 Å². The summed E-state index contributed by atoms with van der Waals surface area (Å²) in [5, 5.41) is 0. The zero-order valence-corrected chi connectivity index (χ0v) is 37.4. The monoisotopic (exact) mass is 819 g/mol. The first-order valence-corrected chi connectivity index (χ1v) is 23.4. The van der Waals surface area contributed by atoms with Crippen molar-refractivity contribution in [2.45, 2.75) is 187 Å². The van der Waals surface area contributed by atoms with Crippen LogP contribution in [0.25, 0.3) is 0 Å². The van der Waals surface area contributed by atoms with E-state index in [0.717, 1.165) is 89.9 Å². The molecule has 11 heteroatoms. The van der Waals surface area contributed by atoms with Crippen LogP contribution in [-0.4, -0.2) is 118 Å². The number of ether oxygens (including phenoxy) is 9. The molecule has 0 amide bonds. The van der Waals surface area contributed by atoms with Crippen molar-refractivity contribution in [3.63, 3.8) is 0 Å². The van der Waals surface area contributed by atoms with Crippen LogP contribution in [0.1, 0.15) is 181 Å². The zero-order chi connectivity index (χ0) is 41.4. The van der Waals surface area contributed by atoms with Gasteiger partial charge in [-0.3, -0.25) is 9.59 Å². The molecule has 1 unspecified atom stereocenters. The zero-order valence-electron chi connectivity index (χ0n) is 37.4. The van der Waals surface area contributed by atoms with Crippen LogP contribution in [-0.2, 0) is 52.2 Å². The van der Waals surface area contributed by atoms with Crippen LogP contribution in [0.15, 0.2) is 0 Å². The van der Waals surface area contributed by atoms with Gasteiger partial charge < -0.3 is 42.6 Å². The minimum Gasteiger partial charge on any atom is -0.466 e. The second kappa shape index (κ2) is 49.0. The second-order valence-electron chi connectivity index (χ2n) is 15.2. The summed E-state index contributed by atoms with van der Waals surface area (Å²) in [7, 11) is 1.65. The number of hydrogen-bond acceptors (Lipinski definition) is 11. The van der Waals surface area contributed by atoms with Crippen LogP contribution >= 0.6 is 0 Å². The molecule has 11 nitrogen and oxygen atoms in total. The summed E-state index contributed by atoms with van der Waals surface area (Å²) in [4.78, 5) is 24.1. The van der Waals surface area contributed by atoms with Crippen LogP contribution in [0.5, 0.6) is 0 Å². The summed E-state index contributed by atoms with van der Waals surface area (Å²) in [6.45, 7) is 12.1. The summed E-state index contributed by atoms with van der Waals surface area (Å²) < 4.78 is 50.4. The van der Waals surface area contributed by atoms with E-state index in [0.29, 0.717) is 105 Å². The molecule has 0 radical (unpaired) electrons. The Bertz CT molecular complexity index is 800. The Labute approximate surface area is 350 Å². The van der Waals surface area contributed by atoms with Crippen molar-refractivity contribution in [1.29, 1.82) is 0 Å². The van der Waals surface area contributed by atoms with E-state index in [1.165, 1.54) is 64.2 Å². The van der Waals surface area contributed by atoms with Crippen molar-refractivity contribution in [2.24, 2.45) is 0 Å². The Kier molecular flexibility index (Phi) is 47.9. The molecule has 0 aliphatic rings. The van der Waals surface area contributed by atoms with Crippen LogP contribution in [0, 0.1) is 0 Å². The van der Waals surface area contributed by atoms with Crippen molar-refractivity contribution in [1.82, 2.24) is 0 Å². The maximum absolute atomic E-state index is 12.0. The standard InChI is InChI=1S/C46H90O11/c1-4-6-8-10-12-19-26-32-56-45(47)28-22-16-14-18-24-30-53-42-44(43-54-41-40-52-39-38-51-37-36-50-35-34-49-3)55-31-25-21-15-17-23-29-46(48)57-33-27-20-13-11-9-7-5-2/h44H,4-43H2,1-3H3. The first-order valence-electron chi connectivity index (χ1n) is 23.4. The van der Waals surface area contributed by atoms with Gasteiger partial charge in [-0.15, -0.1) is 0 Å². The van der Waals surface area contributed by atoms with E-state index in [-0.39, 0.29) is 18.0 Å². The van der Waals surface area contributed by atoms with Crippen molar-refractivity contribution in [2.75, 3.05) is 99.6 Å². The Morgan fingerprint density at radius 1 is 0.351 bits per heavy atom. The van der Waals surface area contributed by atoms with Gasteiger partial charge in [0.05, 0.1) is 79.3 Å². The van der Waals surface area contributed by atoms with Gasteiger partial charge in [0.1, 0.15) is 6.10 Å². The molecule has 0 bridgehead atoms. The topological polar surface area (TPSA) is 117 Å². The molecule has 0 spiro atoms. The summed E-state index contributed by atoms with van der Waals surface area (Å²) >= 11 is 0. The number of rotatable bonds is 49. The minimum absolute atomic E-state index is 0.0556. The van der Waals surface area contributed by atoms with Crippen molar-refractivity contribution < 1.29 is 52.2 Å². The third-order valence-corrected chi connectivity index (χ3v) is 9.73. The van der Waals surface area contributed by atoms with Crippen LogP contribution in [0.2, 0.25) is 0 Å².